The van der Waals surface area contributed by atoms with E-state index in [9.17, 15) is 18.5 Å². The number of alkyl halides is 1. The third-order valence-electron chi connectivity index (χ3n) is 3.02. The van der Waals surface area contributed by atoms with E-state index < -0.39 is 14.8 Å². The quantitative estimate of drug-likeness (QED) is 0.466. The van der Waals surface area contributed by atoms with Crippen LogP contribution in [-0.2, 0) is 16.3 Å². The van der Waals surface area contributed by atoms with Gasteiger partial charge in [0.25, 0.3) is 5.69 Å². The number of hydrogen-bond donors (Lipinski definition) is 0. The zero-order valence-electron chi connectivity index (χ0n) is 11.9. The number of hydrogen-bond acceptors (Lipinski definition) is 4. The van der Waals surface area contributed by atoms with Gasteiger partial charge in [-0.25, -0.2) is 8.42 Å². The molecule has 1 unspecified atom stereocenters. The van der Waals surface area contributed by atoms with Crippen molar-refractivity contribution in [2.24, 2.45) is 5.41 Å². The molecular weight excluding hydrogens is 346 g/mol. The topological polar surface area (TPSA) is 77.3 Å². The van der Waals surface area contributed by atoms with E-state index in [1.54, 1.807) is 0 Å². The van der Waals surface area contributed by atoms with E-state index in [1.807, 2.05) is 20.8 Å². The summed E-state index contributed by atoms with van der Waals surface area (Å²) in [5, 5.41) is 11.1. The summed E-state index contributed by atoms with van der Waals surface area (Å²) in [5.41, 5.74) is 0.324. The van der Waals surface area contributed by atoms with Crippen molar-refractivity contribution in [2.75, 3.05) is 6.26 Å². The molecule has 20 heavy (non-hydrogen) atoms. The van der Waals surface area contributed by atoms with Crippen LogP contribution in [0, 0.1) is 15.5 Å². The Hall–Kier alpha value is -0.950. The van der Waals surface area contributed by atoms with Crippen LogP contribution in [0.3, 0.4) is 0 Å². The summed E-state index contributed by atoms with van der Waals surface area (Å²) in [6.07, 6.45) is 1.50. The summed E-state index contributed by atoms with van der Waals surface area (Å²) < 4.78 is 22.9. The van der Waals surface area contributed by atoms with Gasteiger partial charge in [0.05, 0.1) is 9.82 Å². The van der Waals surface area contributed by atoms with Crippen LogP contribution in [0.5, 0.6) is 0 Å². The first kappa shape index (κ1) is 17.1. The molecule has 0 spiro atoms. The van der Waals surface area contributed by atoms with Crippen molar-refractivity contribution in [1.29, 1.82) is 0 Å². The van der Waals surface area contributed by atoms with Gasteiger partial charge < -0.3 is 0 Å². The molecule has 0 aliphatic heterocycles. The second kappa shape index (κ2) is 5.81. The molecule has 0 N–H and O–H groups in total. The second-order valence-electron chi connectivity index (χ2n) is 5.86. The molecule has 0 fully saturated rings. The highest BCUT2D eigenvalue weighted by molar-refractivity contribution is 9.09. The predicted octanol–water partition coefficient (Wildman–Crippen LogP) is 3.35. The summed E-state index contributed by atoms with van der Waals surface area (Å²) in [4.78, 5) is 10.6. The van der Waals surface area contributed by atoms with E-state index in [0.29, 0.717) is 12.0 Å². The Morgan fingerprint density at radius 3 is 2.30 bits per heavy atom. The van der Waals surface area contributed by atoms with E-state index in [1.165, 1.54) is 12.1 Å². The lowest BCUT2D eigenvalue weighted by molar-refractivity contribution is -0.385. The van der Waals surface area contributed by atoms with Gasteiger partial charge in [-0.3, -0.25) is 10.1 Å². The van der Waals surface area contributed by atoms with Gasteiger partial charge in [0.2, 0.25) is 0 Å². The smallest absolute Gasteiger partial charge is 0.258 e. The first-order valence-corrected chi connectivity index (χ1v) is 8.85. The minimum absolute atomic E-state index is 0.0326. The molecule has 1 atom stereocenters. The third-order valence-corrected chi connectivity index (χ3v) is 5.83. The molecule has 0 aliphatic rings. The SMILES string of the molecule is CC(C)(C)C(Br)Cc1ccc(S(C)(=O)=O)cc1[N+](=O)[O-]. The number of nitrogens with zero attached hydrogens (tertiary/aromatic N) is 1. The standard InChI is InChI=1S/C13H18BrNO4S/c1-13(2,3)12(14)7-9-5-6-10(20(4,18)19)8-11(9)15(16)17/h5-6,8,12H,7H2,1-4H3. The van der Waals surface area contributed by atoms with Gasteiger partial charge >= 0.3 is 0 Å². The maximum absolute atomic E-state index is 11.5. The maximum atomic E-state index is 11.5. The molecule has 0 heterocycles. The predicted molar refractivity (Wildman–Crippen MR) is 82.1 cm³/mol. The van der Waals surface area contributed by atoms with E-state index >= 15 is 0 Å². The van der Waals surface area contributed by atoms with E-state index in [-0.39, 0.29) is 20.8 Å². The molecule has 1 aromatic carbocycles. The average Bonchev–Trinajstić information content (AvgIpc) is 2.26. The highest BCUT2D eigenvalue weighted by Gasteiger charge is 2.26. The Balaban J connectivity index is 3.25. The maximum Gasteiger partial charge on any atom is 0.273 e. The number of sulfone groups is 1. The number of rotatable bonds is 4. The van der Waals surface area contributed by atoms with Crippen LogP contribution in [-0.4, -0.2) is 24.4 Å². The molecule has 112 valence electrons. The summed E-state index contributed by atoms with van der Waals surface area (Å²) in [6.45, 7) is 6.09. The average molecular weight is 364 g/mol. The van der Waals surface area contributed by atoms with Gasteiger partial charge in [0.15, 0.2) is 9.84 Å². The fourth-order valence-electron chi connectivity index (χ4n) is 1.62. The van der Waals surface area contributed by atoms with Gasteiger partial charge in [0.1, 0.15) is 0 Å². The molecule has 0 aromatic heterocycles. The highest BCUT2D eigenvalue weighted by Crippen LogP contribution is 2.32. The first-order chi connectivity index (χ1) is 8.93. The van der Waals surface area contributed by atoms with Crippen LogP contribution in [0.2, 0.25) is 0 Å². The number of nitro benzene ring substituents is 1. The van der Waals surface area contributed by atoms with Gasteiger partial charge in [0, 0.05) is 22.7 Å². The molecule has 0 saturated carbocycles. The Morgan fingerprint density at radius 2 is 1.90 bits per heavy atom. The van der Waals surface area contributed by atoms with Crippen molar-refractivity contribution >= 4 is 31.5 Å². The van der Waals surface area contributed by atoms with Gasteiger partial charge in [-0.2, -0.15) is 0 Å². The van der Waals surface area contributed by atoms with E-state index in [4.69, 9.17) is 0 Å². The lowest BCUT2D eigenvalue weighted by atomic mass is 9.88. The van der Waals surface area contributed by atoms with Crippen LogP contribution in [0.15, 0.2) is 23.1 Å². The summed E-state index contributed by atoms with van der Waals surface area (Å²) in [6, 6.07) is 4.07. The van der Waals surface area contributed by atoms with Crippen LogP contribution in [0.25, 0.3) is 0 Å². The minimum Gasteiger partial charge on any atom is -0.258 e. The zero-order valence-corrected chi connectivity index (χ0v) is 14.3. The van der Waals surface area contributed by atoms with Gasteiger partial charge in [-0.1, -0.05) is 42.8 Å². The lowest BCUT2D eigenvalue weighted by Crippen LogP contribution is -2.22. The van der Waals surface area contributed by atoms with E-state index in [0.717, 1.165) is 12.3 Å². The highest BCUT2D eigenvalue weighted by atomic mass is 79.9. The molecule has 0 saturated heterocycles. The summed E-state index contributed by atoms with van der Waals surface area (Å²) in [7, 11) is -3.45. The van der Waals surface area contributed by atoms with Crippen molar-refractivity contribution in [3.63, 3.8) is 0 Å². The first-order valence-electron chi connectivity index (χ1n) is 6.04. The molecule has 0 aliphatic carbocycles. The number of benzene rings is 1. The monoisotopic (exact) mass is 363 g/mol. The molecule has 0 bridgehead atoms. The lowest BCUT2D eigenvalue weighted by Gasteiger charge is -2.25. The summed E-state index contributed by atoms with van der Waals surface area (Å²) in [5.74, 6) is 0. The Bertz CT molecular complexity index is 620. The van der Waals surface area contributed by atoms with Crippen LogP contribution < -0.4 is 0 Å². The molecule has 0 radical (unpaired) electrons. The fraction of sp³-hybridized carbons (Fsp3) is 0.538. The molecule has 7 heteroatoms. The van der Waals surface area contributed by atoms with Crippen molar-refractivity contribution in [1.82, 2.24) is 0 Å². The van der Waals surface area contributed by atoms with E-state index in [2.05, 4.69) is 15.9 Å². The normalized spacial score (nSPS) is 14.1. The molecule has 0 amide bonds. The fourth-order valence-corrected chi connectivity index (χ4v) is 2.61. The molecule has 1 rings (SSSR count). The second-order valence-corrected chi connectivity index (χ2v) is 8.98. The summed E-state index contributed by atoms with van der Waals surface area (Å²) >= 11 is 3.54. The molecule has 1 aromatic rings. The number of nitro groups is 1. The minimum atomic E-state index is -3.45. The molecule has 5 nitrogen and oxygen atoms in total. The van der Waals surface area contributed by atoms with Crippen LogP contribution >= 0.6 is 15.9 Å². The van der Waals surface area contributed by atoms with Crippen LogP contribution in [0.4, 0.5) is 5.69 Å². The van der Waals surface area contributed by atoms with Crippen LogP contribution in [0.1, 0.15) is 26.3 Å². The Morgan fingerprint density at radius 1 is 1.35 bits per heavy atom. The van der Waals surface area contributed by atoms with Crippen molar-refractivity contribution in [3.05, 3.63) is 33.9 Å². The van der Waals surface area contributed by atoms with Gasteiger partial charge in [-0.15, -0.1) is 0 Å². The van der Waals surface area contributed by atoms with Crippen molar-refractivity contribution in [2.45, 2.75) is 36.9 Å². The zero-order chi connectivity index (χ0) is 15.7. The Kier molecular flexibility index (Phi) is 4.97. The molecular formula is C13H18BrNO4S. The Labute approximate surface area is 127 Å². The van der Waals surface area contributed by atoms with Crippen molar-refractivity contribution < 1.29 is 13.3 Å². The number of halogens is 1. The van der Waals surface area contributed by atoms with Gasteiger partial charge in [-0.05, 0) is 17.9 Å². The third kappa shape index (κ3) is 4.28. The van der Waals surface area contributed by atoms with Crippen molar-refractivity contribution in [3.8, 4) is 0 Å². The largest absolute Gasteiger partial charge is 0.273 e.